The molecule has 2 rings (SSSR count). The van der Waals surface area contributed by atoms with Gasteiger partial charge >= 0.3 is 0 Å². The van der Waals surface area contributed by atoms with Crippen molar-refractivity contribution in [3.05, 3.63) is 24.0 Å². The van der Waals surface area contributed by atoms with E-state index < -0.39 is 0 Å². The summed E-state index contributed by atoms with van der Waals surface area (Å²) in [7, 11) is 0. The van der Waals surface area contributed by atoms with Crippen molar-refractivity contribution in [2.24, 2.45) is 11.1 Å². The molecule has 2 N–H and O–H groups in total. The lowest BCUT2D eigenvalue weighted by Gasteiger charge is -2.38. The predicted molar refractivity (Wildman–Crippen MR) is 67.4 cm³/mol. The molecular formula is C13H21N3. The number of hydrogen-bond donors (Lipinski definition) is 1. The monoisotopic (exact) mass is 219 g/mol. The summed E-state index contributed by atoms with van der Waals surface area (Å²) in [6, 6.07) is 4.16. The number of anilines is 1. The van der Waals surface area contributed by atoms with Crippen molar-refractivity contribution in [1.82, 2.24) is 4.98 Å². The first-order valence-electron chi connectivity index (χ1n) is 6.01. The summed E-state index contributed by atoms with van der Waals surface area (Å²) < 4.78 is 0. The SMILES string of the molecule is CC1(C)CCN(c2ccc(CN)nc2)CC1. The Morgan fingerprint density at radius 2 is 2.00 bits per heavy atom. The molecule has 0 saturated carbocycles. The van der Waals surface area contributed by atoms with Crippen molar-refractivity contribution >= 4 is 5.69 Å². The molecule has 0 unspecified atom stereocenters. The van der Waals surface area contributed by atoms with E-state index in [1.807, 2.05) is 12.3 Å². The lowest BCUT2D eigenvalue weighted by Crippen LogP contribution is -2.37. The number of aromatic nitrogens is 1. The molecule has 88 valence electrons. The Morgan fingerprint density at radius 3 is 2.50 bits per heavy atom. The molecule has 1 aromatic rings. The highest BCUT2D eigenvalue weighted by Gasteiger charge is 2.25. The van der Waals surface area contributed by atoms with Crippen molar-refractivity contribution in [2.45, 2.75) is 33.2 Å². The number of hydrogen-bond acceptors (Lipinski definition) is 3. The average molecular weight is 219 g/mol. The molecule has 1 aromatic heterocycles. The smallest absolute Gasteiger partial charge is 0.0552 e. The molecule has 2 heterocycles. The van der Waals surface area contributed by atoms with Crippen LogP contribution in [0.4, 0.5) is 5.69 Å². The Hall–Kier alpha value is -1.09. The van der Waals surface area contributed by atoms with Crippen molar-refractivity contribution in [2.75, 3.05) is 18.0 Å². The molecule has 0 atom stereocenters. The third-order valence-electron chi connectivity index (χ3n) is 3.50. The number of piperidine rings is 1. The van der Waals surface area contributed by atoms with E-state index in [2.05, 4.69) is 29.8 Å². The Kier molecular flexibility index (Phi) is 3.15. The van der Waals surface area contributed by atoms with Gasteiger partial charge in [0.25, 0.3) is 0 Å². The lowest BCUT2D eigenvalue weighted by atomic mass is 9.82. The van der Waals surface area contributed by atoms with Crippen LogP contribution in [0.5, 0.6) is 0 Å². The highest BCUT2D eigenvalue weighted by molar-refractivity contribution is 5.45. The minimum Gasteiger partial charge on any atom is -0.370 e. The topological polar surface area (TPSA) is 42.1 Å². The first-order valence-corrected chi connectivity index (χ1v) is 6.01. The van der Waals surface area contributed by atoms with Gasteiger partial charge in [-0.2, -0.15) is 0 Å². The highest BCUT2D eigenvalue weighted by Crippen LogP contribution is 2.31. The molecule has 3 heteroatoms. The molecule has 1 aliphatic heterocycles. The molecule has 0 aromatic carbocycles. The van der Waals surface area contributed by atoms with Gasteiger partial charge in [0.2, 0.25) is 0 Å². The first-order chi connectivity index (χ1) is 7.61. The summed E-state index contributed by atoms with van der Waals surface area (Å²) >= 11 is 0. The molecule has 0 bridgehead atoms. The second-order valence-electron chi connectivity index (χ2n) is 5.36. The van der Waals surface area contributed by atoms with E-state index in [9.17, 15) is 0 Å². The van der Waals surface area contributed by atoms with Gasteiger partial charge in [-0.25, -0.2) is 0 Å². The third kappa shape index (κ3) is 2.53. The standard InChI is InChI=1S/C13H21N3/c1-13(2)5-7-16(8-6-13)12-4-3-11(9-14)15-10-12/h3-4,10H,5-9,14H2,1-2H3. The molecule has 1 aliphatic rings. The van der Waals surface area contributed by atoms with Gasteiger partial charge in [0.1, 0.15) is 0 Å². The van der Waals surface area contributed by atoms with Gasteiger partial charge in [-0.1, -0.05) is 13.8 Å². The van der Waals surface area contributed by atoms with Crippen molar-refractivity contribution in [3.63, 3.8) is 0 Å². The van der Waals surface area contributed by atoms with E-state index in [1.165, 1.54) is 18.5 Å². The van der Waals surface area contributed by atoms with Crippen LogP contribution in [0.1, 0.15) is 32.4 Å². The summed E-state index contributed by atoms with van der Waals surface area (Å²) in [5.41, 5.74) is 8.23. The zero-order chi connectivity index (χ0) is 11.6. The summed E-state index contributed by atoms with van der Waals surface area (Å²) in [6.07, 6.45) is 4.46. The van der Waals surface area contributed by atoms with Gasteiger partial charge in [-0.15, -0.1) is 0 Å². The van der Waals surface area contributed by atoms with Gasteiger partial charge < -0.3 is 10.6 Å². The minimum atomic E-state index is 0.501. The highest BCUT2D eigenvalue weighted by atomic mass is 15.1. The van der Waals surface area contributed by atoms with Gasteiger partial charge in [0.15, 0.2) is 0 Å². The summed E-state index contributed by atoms with van der Waals surface area (Å²) in [6.45, 7) is 7.49. The minimum absolute atomic E-state index is 0.501. The molecule has 0 amide bonds. The average Bonchev–Trinajstić information content (AvgIpc) is 2.29. The van der Waals surface area contributed by atoms with Crippen LogP contribution in [0.15, 0.2) is 18.3 Å². The molecule has 1 saturated heterocycles. The van der Waals surface area contributed by atoms with E-state index in [0.717, 1.165) is 18.8 Å². The van der Waals surface area contributed by atoms with Crippen LogP contribution in [0.3, 0.4) is 0 Å². The second-order valence-corrected chi connectivity index (χ2v) is 5.36. The Morgan fingerprint density at radius 1 is 1.31 bits per heavy atom. The van der Waals surface area contributed by atoms with E-state index in [0.29, 0.717) is 12.0 Å². The fourth-order valence-corrected chi connectivity index (χ4v) is 2.09. The Balaban J connectivity index is 2.03. The van der Waals surface area contributed by atoms with Crippen LogP contribution in [0.2, 0.25) is 0 Å². The van der Waals surface area contributed by atoms with Crippen molar-refractivity contribution in [1.29, 1.82) is 0 Å². The largest absolute Gasteiger partial charge is 0.370 e. The van der Waals surface area contributed by atoms with Crippen LogP contribution < -0.4 is 10.6 Å². The molecule has 0 spiro atoms. The van der Waals surface area contributed by atoms with Crippen LogP contribution >= 0.6 is 0 Å². The van der Waals surface area contributed by atoms with Crippen LogP contribution in [0.25, 0.3) is 0 Å². The molecule has 16 heavy (non-hydrogen) atoms. The number of nitrogens with two attached hydrogens (primary N) is 1. The molecular weight excluding hydrogens is 198 g/mol. The molecule has 3 nitrogen and oxygen atoms in total. The summed E-state index contributed by atoms with van der Waals surface area (Å²) in [5, 5.41) is 0. The van der Waals surface area contributed by atoms with E-state index >= 15 is 0 Å². The second kappa shape index (κ2) is 4.42. The third-order valence-corrected chi connectivity index (χ3v) is 3.50. The number of nitrogens with zero attached hydrogens (tertiary/aromatic N) is 2. The maximum Gasteiger partial charge on any atom is 0.0552 e. The maximum atomic E-state index is 5.54. The van der Waals surface area contributed by atoms with Crippen molar-refractivity contribution < 1.29 is 0 Å². The summed E-state index contributed by atoms with van der Waals surface area (Å²) in [5.74, 6) is 0. The fourth-order valence-electron chi connectivity index (χ4n) is 2.09. The zero-order valence-corrected chi connectivity index (χ0v) is 10.2. The molecule has 0 radical (unpaired) electrons. The molecule has 0 aliphatic carbocycles. The van der Waals surface area contributed by atoms with Crippen LogP contribution in [0, 0.1) is 5.41 Å². The van der Waals surface area contributed by atoms with Gasteiger partial charge in [-0.05, 0) is 30.4 Å². The normalized spacial score (nSPS) is 19.8. The predicted octanol–water partition coefficient (Wildman–Crippen LogP) is 2.17. The van der Waals surface area contributed by atoms with E-state index in [-0.39, 0.29) is 0 Å². The quantitative estimate of drug-likeness (QED) is 0.829. The van der Waals surface area contributed by atoms with Crippen LogP contribution in [-0.2, 0) is 6.54 Å². The van der Waals surface area contributed by atoms with E-state index in [4.69, 9.17) is 5.73 Å². The van der Waals surface area contributed by atoms with Gasteiger partial charge in [-0.3, -0.25) is 4.98 Å². The molecule has 1 fully saturated rings. The van der Waals surface area contributed by atoms with E-state index in [1.54, 1.807) is 0 Å². The first kappa shape index (κ1) is 11.4. The lowest BCUT2D eigenvalue weighted by molar-refractivity contribution is 0.280. The number of rotatable bonds is 2. The maximum absolute atomic E-state index is 5.54. The Bertz CT molecular complexity index is 333. The zero-order valence-electron chi connectivity index (χ0n) is 10.2. The Labute approximate surface area is 97.7 Å². The fraction of sp³-hybridized carbons (Fsp3) is 0.615. The van der Waals surface area contributed by atoms with Gasteiger partial charge in [0, 0.05) is 19.6 Å². The number of pyridine rings is 1. The summed E-state index contributed by atoms with van der Waals surface area (Å²) in [4.78, 5) is 6.76. The van der Waals surface area contributed by atoms with Gasteiger partial charge in [0.05, 0.1) is 17.6 Å². The van der Waals surface area contributed by atoms with Crippen molar-refractivity contribution in [3.8, 4) is 0 Å². The van der Waals surface area contributed by atoms with Crippen LogP contribution in [-0.4, -0.2) is 18.1 Å².